The van der Waals surface area contributed by atoms with Gasteiger partial charge in [-0.05, 0) is 55.8 Å². The van der Waals surface area contributed by atoms with Crippen molar-refractivity contribution in [1.82, 2.24) is 4.90 Å². The first-order valence-electron chi connectivity index (χ1n) is 7.31. The molecule has 1 aromatic rings. The Labute approximate surface area is 115 Å². The Hall–Kier alpha value is -0.930. The maximum atomic E-state index is 13.4. The summed E-state index contributed by atoms with van der Waals surface area (Å²) in [7, 11) is 0. The Morgan fingerprint density at radius 2 is 2.16 bits per heavy atom. The Bertz CT molecular complexity index is 396. The number of aliphatic hydroxyl groups is 1. The average molecular weight is 265 g/mol. The smallest absolute Gasteiger partial charge is 0.123 e. The molecule has 106 valence electrons. The number of nitrogens with zero attached hydrogens (tertiary/aromatic N) is 1. The van der Waals surface area contributed by atoms with Crippen LogP contribution in [0.5, 0.6) is 0 Å². The lowest BCUT2D eigenvalue weighted by molar-refractivity contribution is 0.238. The highest BCUT2D eigenvalue weighted by atomic mass is 19.1. The van der Waals surface area contributed by atoms with E-state index in [1.807, 2.05) is 6.07 Å². The molecule has 1 heterocycles. The van der Waals surface area contributed by atoms with Crippen molar-refractivity contribution < 1.29 is 9.50 Å². The lowest BCUT2D eigenvalue weighted by Gasteiger charge is -2.24. The maximum Gasteiger partial charge on any atom is 0.123 e. The normalized spacial score (nSPS) is 23.9. The van der Waals surface area contributed by atoms with Crippen molar-refractivity contribution in [3.63, 3.8) is 0 Å². The first-order chi connectivity index (χ1) is 9.20. The van der Waals surface area contributed by atoms with Gasteiger partial charge in [0.15, 0.2) is 0 Å². The van der Waals surface area contributed by atoms with Crippen LogP contribution < -0.4 is 0 Å². The van der Waals surface area contributed by atoms with Gasteiger partial charge in [-0.1, -0.05) is 19.1 Å². The minimum atomic E-state index is -0.141. The lowest BCUT2D eigenvalue weighted by atomic mass is 10.0. The zero-order chi connectivity index (χ0) is 13.7. The van der Waals surface area contributed by atoms with Gasteiger partial charge in [0.05, 0.1) is 0 Å². The molecule has 2 nitrogen and oxygen atoms in total. The second kappa shape index (κ2) is 7.01. The topological polar surface area (TPSA) is 23.5 Å². The van der Waals surface area contributed by atoms with Crippen molar-refractivity contribution in [3.8, 4) is 0 Å². The number of hydrogen-bond acceptors (Lipinski definition) is 2. The number of benzene rings is 1. The van der Waals surface area contributed by atoms with Crippen LogP contribution in [0.15, 0.2) is 24.3 Å². The summed E-state index contributed by atoms with van der Waals surface area (Å²) >= 11 is 0. The molecule has 2 atom stereocenters. The van der Waals surface area contributed by atoms with Gasteiger partial charge >= 0.3 is 0 Å². The van der Waals surface area contributed by atoms with Gasteiger partial charge in [-0.25, -0.2) is 4.39 Å². The highest BCUT2D eigenvalue weighted by Crippen LogP contribution is 2.35. The van der Waals surface area contributed by atoms with E-state index in [4.69, 9.17) is 5.11 Å². The fourth-order valence-electron chi connectivity index (χ4n) is 3.04. The molecule has 0 bridgehead atoms. The van der Waals surface area contributed by atoms with Crippen molar-refractivity contribution in [2.24, 2.45) is 5.92 Å². The molecule has 0 spiro atoms. The van der Waals surface area contributed by atoms with Gasteiger partial charge in [-0.2, -0.15) is 0 Å². The molecule has 0 radical (unpaired) electrons. The summed E-state index contributed by atoms with van der Waals surface area (Å²) in [4.78, 5) is 2.47. The highest BCUT2D eigenvalue weighted by molar-refractivity contribution is 5.21. The van der Waals surface area contributed by atoms with Gasteiger partial charge in [0.25, 0.3) is 0 Å². The summed E-state index contributed by atoms with van der Waals surface area (Å²) in [5, 5.41) is 8.81. The number of hydrogen-bond donors (Lipinski definition) is 1. The van der Waals surface area contributed by atoms with E-state index in [1.165, 1.54) is 6.07 Å². The maximum absolute atomic E-state index is 13.4. The van der Waals surface area contributed by atoms with E-state index in [1.54, 1.807) is 12.1 Å². The van der Waals surface area contributed by atoms with Gasteiger partial charge in [-0.3, -0.25) is 4.90 Å². The van der Waals surface area contributed by atoms with E-state index < -0.39 is 0 Å². The van der Waals surface area contributed by atoms with Crippen LogP contribution in [0.4, 0.5) is 4.39 Å². The van der Waals surface area contributed by atoms with Crippen LogP contribution >= 0.6 is 0 Å². The summed E-state index contributed by atoms with van der Waals surface area (Å²) in [6, 6.07) is 7.38. The van der Waals surface area contributed by atoms with E-state index >= 15 is 0 Å². The van der Waals surface area contributed by atoms with Gasteiger partial charge in [0, 0.05) is 19.2 Å². The fraction of sp³-hybridized carbons (Fsp3) is 0.625. The summed E-state index contributed by atoms with van der Waals surface area (Å²) in [6.07, 6.45) is 4.17. The van der Waals surface area contributed by atoms with E-state index in [9.17, 15) is 4.39 Å². The standard InChI is InChI=1S/C16H24FNO/c1-13-10-16(14-6-5-7-15(17)11-14)18(12-13)8-3-2-4-9-19/h5-7,11,13,16,19H,2-4,8-10,12H2,1H3. The molecule has 1 fully saturated rings. The molecule has 19 heavy (non-hydrogen) atoms. The van der Waals surface area contributed by atoms with Crippen LogP contribution in [-0.4, -0.2) is 29.7 Å². The molecule has 1 aliphatic heterocycles. The fourth-order valence-corrected chi connectivity index (χ4v) is 3.04. The minimum absolute atomic E-state index is 0.141. The zero-order valence-corrected chi connectivity index (χ0v) is 11.7. The predicted molar refractivity (Wildman–Crippen MR) is 75.4 cm³/mol. The second-order valence-electron chi connectivity index (χ2n) is 5.69. The molecule has 0 saturated carbocycles. The van der Waals surface area contributed by atoms with Crippen LogP contribution in [0.3, 0.4) is 0 Å². The van der Waals surface area contributed by atoms with E-state index in [0.29, 0.717) is 12.0 Å². The third-order valence-electron chi connectivity index (χ3n) is 3.95. The van der Waals surface area contributed by atoms with Crippen molar-refractivity contribution in [1.29, 1.82) is 0 Å². The van der Waals surface area contributed by atoms with E-state index in [0.717, 1.165) is 44.3 Å². The molecule has 1 aliphatic rings. The Kier molecular flexibility index (Phi) is 5.34. The van der Waals surface area contributed by atoms with E-state index in [-0.39, 0.29) is 12.4 Å². The molecule has 1 aromatic carbocycles. The zero-order valence-electron chi connectivity index (χ0n) is 11.7. The molecule has 3 heteroatoms. The van der Waals surface area contributed by atoms with Crippen molar-refractivity contribution >= 4 is 0 Å². The molecule has 1 saturated heterocycles. The molecular formula is C16H24FNO. The molecule has 1 N–H and O–H groups in total. The average Bonchev–Trinajstić information content (AvgIpc) is 2.76. The number of aliphatic hydroxyl groups excluding tert-OH is 1. The molecule has 0 aliphatic carbocycles. The number of unbranched alkanes of at least 4 members (excludes halogenated alkanes) is 2. The predicted octanol–water partition coefficient (Wildman–Crippen LogP) is 3.37. The van der Waals surface area contributed by atoms with E-state index in [2.05, 4.69) is 11.8 Å². The first-order valence-corrected chi connectivity index (χ1v) is 7.31. The SMILES string of the molecule is CC1CC(c2cccc(F)c2)N(CCCCCO)C1. The molecule has 0 amide bonds. The third-order valence-corrected chi connectivity index (χ3v) is 3.95. The quantitative estimate of drug-likeness (QED) is 0.797. The summed E-state index contributed by atoms with van der Waals surface area (Å²) in [5.74, 6) is 0.531. The van der Waals surface area contributed by atoms with Crippen molar-refractivity contribution in [3.05, 3.63) is 35.6 Å². The Morgan fingerprint density at radius 1 is 1.32 bits per heavy atom. The van der Waals surface area contributed by atoms with Gasteiger partial charge in [-0.15, -0.1) is 0 Å². The molecule has 0 aromatic heterocycles. The van der Waals surface area contributed by atoms with Gasteiger partial charge in [0.1, 0.15) is 5.82 Å². The van der Waals surface area contributed by atoms with Gasteiger partial charge < -0.3 is 5.11 Å². The Morgan fingerprint density at radius 3 is 2.89 bits per heavy atom. The van der Waals surface area contributed by atoms with Crippen LogP contribution in [0.2, 0.25) is 0 Å². The minimum Gasteiger partial charge on any atom is -0.396 e. The number of halogens is 1. The largest absolute Gasteiger partial charge is 0.396 e. The number of rotatable bonds is 6. The number of likely N-dealkylation sites (tertiary alicyclic amines) is 1. The Balaban J connectivity index is 1.97. The highest BCUT2D eigenvalue weighted by Gasteiger charge is 2.30. The van der Waals surface area contributed by atoms with Crippen LogP contribution in [0.1, 0.15) is 44.2 Å². The summed E-state index contributed by atoms with van der Waals surface area (Å²) in [5.41, 5.74) is 1.10. The third kappa shape index (κ3) is 4.02. The first kappa shape index (κ1) is 14.5. The van der Waals surface area contributed by atoms with Crippen molar-refractivity contribution in [2.75, 3.05) is 19.7 Å². The van der Waals surface area contributed by atoms with Crippen molar-refractivity contribution in [2.45, 2.75) is 38.6 Å². The van der Waals surface area contributed by atoms with Gasteiger partial charge in [0.2, 0.25) is 0 Å². The monoisotopic (exact) mass is 265 g/mol. The molecular weight excluding hydrogens is 241 g/mol. The van der Waals surface area contributed by atoms with Crippen LogP contribution in [0, 0.1) is 11.7 Å². The second-order valence-corrected chi connectivity index (χ2v) is 5.69. The summed E-state index contributed by atoms with van der Waals surface area (Å²) < 4.78 is 13.4. The summed E-state index contributed by atoms with van der Waals surface area (Å²) in [6.45, 7) is 4.69. The van der Waals surface area contributed by atoms with Crippen LogP contribution in [-0.2, 0) is 0 Å². The lowest BCUT2D eigenvalue weighted by Crippen LogP contribution is -2.25. The molecule has 2 rings (SSSR count). The molecule has 2 unspecified atom stereocenters. The van der Waals surface area contributed by atoms with Crippen LogP contribution in [0.25, 0.3) is 0 Å².